The van der Waals surface area contributed by atoms with Gasteiger partial charge in [-0.25, -0.2) is 0 Å². The molecule has 29 heavy (non-hydrogen) atoms. The van der Waals surface area contributed by atoms with Crippen molar-refractivity contribution < 1.29 is 20.1 Å². The van der Waals surface area contributed by atoms with Crippen molar-refractivity contribution >= 4 is 14.2 Å². The summed E-state index contributed by atoms with van der Waals surface area (Å²) in [5.41, 5.74) is 0. The predicted molar refractivity (Wildman–Crippen MR) is 122 cm³/mol. The average molecular weight is 406 g/mol. The lowest BCUT2D eigenvalue weighted by molar-refractivity contribution is 0.205. The molecular formula is C23H44B2O4. The Kier molecular flexibility index (Phi) is 11.4. The first-order valence-electron chi connectivity index (χ1n) is 12.3. The van der Waals surface area contributed by atoms with Gasteiger partial charge in [0.2, 0.25) is 0 Å². The third-order valence-electron chi connectivity index (χ3n) is 7.79. The zero-order valence-electron chi connectivity index (χ0n) is 18.8. The smallest absolute Gasteiger partial charge is 0.427 e. The van der Waals surface area contributed by atoms with Crippen molar-refractivity contribution in [1.29, 1.82) is 0 Å². The topological polar surface area (TPSA) is 80.9 Å². The molecule has 0 spiro atoms. The molecule has 0 radical (unpaired) electrons. The molecule has 2 aliphatic rings. The van der Waals surface area contributed by atoms with Crippen molar-refractivity contribution in [3.63, 3.8) is 0 Å². The van der Waals surface area contributed by atoms with Crippen molar-refractivity contribution in [1.82, 2.24) is 0 Å². The molecule has 6 atom stereocenters. The zero-order valence-corrected chi connectivity index (χ0v) is 18.8. The van der Waals surface area contributed by atoms with Gasteiger partial charge in [-0.2, -0.15) is 0 Å². The van der Waals surface area contributed by atoms with E-state index in [1.807, 2.05) is 13.0 Å². The van der Waals surface area contributed by atoms with Crippen LogP contribution in [0.25, 0.3) is 0 Å². The van der Waals surface area contributed by atoms with Gasteiger partial charge in [-0.15, -0.1) is 0 Å². The first kappa shape index (κ1) is 25.0. The Morgan fingerprint density at radius 1 is 0.931 bits per heavy atom. The highest BCUT2D eigenvalue weighted by molar-refractivity contribution is 6.45. The molecule has 0 bridgehead atoms. The Labute approximate surface area is 179 Å². The van der Waals surface area contributed by atoms with E-state index < -0.39 is 14.2 Å². The quantitative estimate of drug-likeness (QED) is 0.293. The Morgan fingerprint density at radius 3 is 2.28 bits per heavy atom. The third-order valence-corrected chi connectivity index (χ3v) is 7.79. The lowest BCUT2D eigenvalue weighted by Crippen LogP contribution is -2.30. The van der Waals surface area contributed by atoms with E-state index in [-0.39, 0.29) is 17.6 Å². The Bertz CT molecular complexity index is 472. The van der Waals surface area contributed by atoms with Crippen LogP contribution in [-0.4, -0.2) is 34.3 Å². The molecule has 2 aliphatic carbocycles. The standard InChI is InChI=1S/C23H44B2O4/c1-3-4-5-9-18(2)23(25(28)29)17-22(24(26)27)15-14-19-10-8-13-20-11-6-7-12-21(20)16-19/h5,9,18-23,26-29H,3-4,6-8,10-17H2,1-2H3/b9-5-/t18?,19-,20?,21?,22?,23?/m0/s1. The molecule has 0 heterocycles. The monoisotopic (exact) mass is 406 g/mol. The number of allylic oxidation sites excluding steroid dienone is 2. The number of rotatable bonds is 11. The van der Waals surface area contributed by atoms with Gasteiger partial charge in [0.15, 0.2) is 0 Å². The molecule has 0 aliphatic heterocycles. The summed E-state index contributed by atoms with van der Waals surface area (Å²) < 4.78 is 0. The maximum absolute atomic E-state index is 9.99. The maximum atomic E-state index is 9.99. The molecule has 2 fully saturated rings. The van der Waals surface area contributed by atoms with Gasteiger partial charge < -0.3 is 20.1 Å². The molecule has 0 aromatic carbocycles. The second-order valence-corrected chi connectivity index (χ2v) is 9.98. The minimum atomic E-state index is -1.43. The summed E-state index contributed by atoms with van der Waals surface area (Å²) >= 11 is 0. The minimum Gasteiger partial charge on any atom is -0.427 e. The van der Waals surface area contributed by atoms with Gasteiger partial charge in [-0.3, -0.25) is 0 Å². The third kappa shape index (κ3) is 8.39. The molecule has 2 rings (SSSR count). The molecule has 6 heteroatoms. The SMILES string of the molecule is CCC/C=C\C(C)C(CC(CC[C@@H]1CCCC2CCCCC2C1)B(O)O)B(O)O. The molecule has 0 aromatic heterocycles. The lowest BCUT2D eigenvalue weighted by Gasteiger charge is -2.31. The zero-order chi connectivity index (χ0) is 21.2. The highest BCUT2D eigenvalue weighted by atomic mass is 16.4. The van der Waals surface area contributed by atoms with Gasteiger partial charge in [0.25, 0.3) is 0 Å². The molecule has 0 aromatic rings. The normalized spacial score (nSPS) is 28.4. The summed E-state index contributed by atoms with van der Waals surface area (Å²) in [5, 5.41) is 39.8. The average Bonchev–Trinajstić information content (AvgIpc) is 2.89. The second kappa shape index (κ2) is 13.2. The summed E-state index contributed by atoms with van der Waals surface area (Å²) in [7, 11) is -2.82. The van der Waals surface area contributed by atoms with Gasteiger partial charge >= 0.3 is 14.2 Å². The van der Waals surface area contributed by atoms with Gasteiger partial charge in [0, 0.05) is 0 Å². The first-order chi connectivity index (χ1) is 13.9. The van der Waals surface area contributed by atoms with E-state index in [0.717, 1.165) is 37.5 Å². The van der Waals surface area contributed by atoms with Crippen molar-refractivity contribution in [2.24, 2.45) is 23.7 Å². The lowest BCUT2D eigenvalue weighted by atomic mass is 9.56. The number of unbranched alkanes of at least 4 members (excludes halogenated alkanes) is 1. The Hall–Kier alpha value is -0.290. The first-order valence-corrected chi connectivity index (χ1v) is 12.3. The fourth-order valence-corrected chi connectivity index (χ4v) is 5.87. The number of hydrogen-bond acceptors (Lipinski definition) is 4. The largest absolute Gasteiger partial charge is 0.455 e. The summed E-state index contributed by atoms with van der Waals surface area (Å²) in [6.45, 7) is 4.11. The number of hydrogen-bond donors (Lipinski definition) is 4. The summed E-state index contributed by atoms with van der Waals surface area (Å²) in [5.74, 6) is 1.83. The molecule has 0 amide bonds. The van der Waals surface area contributed by atoms with E-state index in [9.17, 15) is 20.1 Å². The van der Waals surface area contributed by atoms with Crippen LogP contribution < -0.4 is 0 Å². The van der Waals surface area contributed by atoms with Crippen LogP contribution in [0.4, 0.5) is 0 Å². The van der Waals surface area contributed by atoms with Crippen LogP contribution in [0.3, 0.4) is 0 Å². The maximum Gasteiger partial charge on any atom is 0.455 e. The van der Waals surface area contributed by atoms with E-state index in [1.54, 1.807) is 0 Å². The van der Waals surface area contributed by atoms with Gasteiger partial charge in [0.05, 0.1) is 0 Å². The van der Waals surface area contributed by atoms with E-state index in [0.29, 0.717) is 12.3 Å². The molecule has 166 valence electrons. The summed E-state index contributed by atoms with van der Waals surface area (Å²) in [6.07, 6.45) is 19.3. The fraction of sp³-hybridized carbons (Fsp3) is 0.913. The van der Waals surface area contributed by atoms with Crippen molar-refractivity contribution in [2.75, 3.05) is 0 Å². The molecule has 4 nitrogen and oxygen atoms in total. The van der Waals surface area contributed by atoms with Crippen molar-refractivity contribution in [3.05, 3.63) is 12.2 Å². The summed E-state index contributed by atoms with van der Waals surface area (Å²) in [4.78, 5) is 0. The molecule has 4 N–H and O–H groups in total. The predicted octanol–water partition coefficient (Wildman–Crippen LogP) is 4.83. The van der Waals surface area contributed by atoms with Crippen molar-refractivity contribution in [3.8, 4) is 0 Å². The van der Waals surface area contributed by atoms with Crippen LogP contribution in [0.5, 0.6) is 0 Å². The molecular weight excluding hydrogens is 362 g/mol. The summed E-state index contributed by atoms with van der Waals surface area (Å²) in [6, 6.07) is 0. The van der Waals surface area contributed by atoms with Crippen LogP contribution in [0.15, 0.2) is 12.2 Å². The van der Waals surface area contributed by atoms with E-state index >= 15 is 0 Å². The van der Waals surface area contributed by atoms with Crippen LogP contribution in [-0.2, 0) is 0 Å². The van der Waals surface area contributed by atoms with E-state index in [4.69, 9.17) is 0 Å². The van der Waals surface area contributed by atoms with E-state index in [2.05, 4.69) is 13.0 Å². The van der Waals surface area contributed by atoms with Crippen LogP contribution in [0.1, 0.15) is 97.3 Å². The molecule has 0 saturated heterocycles. The Morgan fingerprint density at radius 2 is 1.62 bits per heavy atom. The molecule has 5 unspecified atom stereocenters. The van der Waals surface area contributed by atoms with E-state index in [1.165, 1.54) is 51.4 Å². The highest BCUT2D eigenvalue weighted by Gasteiger charge is 2.36. The van der Waals surface area contributed by atoms with Gasteiger partial charge in [-0.05, 0) is 48.1 Å². The van der Waals surface area contributed by atoms with Crippen LogP contribution in [0, 0.1) is 23.7 Å². The van der Waals surface area contributed by atoms with Crippen molar-refractivity contribution in [2.45, 2.75) is 109 Å². The number of fused-ring (bicyclic) bond motifs is 1. The second-order valence-electron chi connectivity index (χ2n) is 9.98. The van der Waals surface area contributed by atoms with Gasteiger partial charge in [-0.1, -0.05) is 96.6 Å². The fourth-order valence-electron chi connectivity index (χ4n) is 5.87. The van der Waals surface area contributed by atoms with Crippen LogP contribution in [0.2, 0.25) is 11.6 Å². The minimum absolute atomic E-state index is 0.00341. The van der Waals surface area contributed by atoms with Gasteiger partial charge in [0.1, 0.15) is 0 Å². The molecule has 2 saturated carbocycles. The Balaban J connectivity index is 1.90. The van der Waals surface area contributed by atoms with Crippen LogP contribution >= 0.6 is 0 Å². The highest BCUT2D eigenvalue weighted by Crippen LogP contribution is 2.43.